The maximum Gasteiger partial charge on any atom is 0.410 e. The maximum absolute atomic E-state index is 12.1. The summed E-state index contributed by atoms with van der Waals surface area (Å²) in [5.41, 5.74) is -0.460. The number of amides is 1. The van der Waals surface area contributed by atoms with Gasteiger partial charge in [0.1, 0.15) is 22.6 Å². The number of fused-ring (bicyclic) bond motifs is 1. The van der Waals surface area contributed by atoms with Crippen LogP contribution in [0.4, 0.5) is 10.6 Å². The molecule has 1 aliphatic rings. The van der Waals surface area contributed by atoms with Gasteiger partial charge >= 0.3 is 6.09 Å². The fraction of sp³-hybridized carbons (Fsp3) is 0.588. The highest BCUT2D eigenvalue weighted by Gasteiger charge is 2.28. The standard InChI is InChI=1S/C17H24N4O2S/c1-17(2,3)23-16(22)20(4)9-12-5-7-21(10-12)14-13-6-8-24-15(13)19-11-18-14/h6,8,11-12H,5,7,9-10H2,1-4H3. The van der Waals surface area contributed by atoms with Crippen LogP contribution in [0.3, 0.4) is 0 Å². The highest BCUT2D eigenvalue weighted by Crippen LogP contribution is 2.30. The second-order valence-electron chi connectivity index (χ2n) is 7.30. The second-order valence-corrected chi connectivity index (χ2v) is 8.19. The molecular formula is C17H24N4O2S. The first kappa shape index (κ1) is 17.0. The quantitative estimate of drug-likeness (QED) is 0.851. The van der Waals surface area contributed by atoms with Gasteiger partial charge in [-0.25, -0.2) is 14.8 Å². The van der Waals surface area contributed by atoms with Crippen molar-refractivity contribution < 1.29 is 9.53 Å². The van der Waals surface area contributed by atoms with Gasteiger partial charge in [-0.15, -0.1) is 11.3 Å². The van der Waals surface area contributed by atoms with E-state index in [0.29, 0.717) is 12.5 Å². The van der Waals surface area contributed by atoms with Gasteiger partial charge in [-0.3, -0.25) is 0 Å². The van der Waals surface area contributed by atoms with Crippen LogP contribution in [0, 0.1) is 5.92 Å². The van der Waals surface area contributed by atoms with Crippen molar-refractivity contribution in [2.24, 2.45) is 5.92 Å². The lowest BCUT2D eigenvalue weighted by atomic mass is 10.1. The summed E-state index contributed by atoms with van der Waals surface area (Å²) >= 11 is 1.63. The van der Waals surface area contributed by atoms with E-state index in [0.717, 1.165) is 35.5 Å². The Balaban J connectivity index is 1.61. The van der Waals surface area contributed by atoms with Gasteiger partial charge in [-0.1, -0.05) is 0 Å². The fourth-order valence-corrected chi connectivity index (χ4v) is 3.73. The Kier molecular flexibility index (Phi) is 4.62. The Bertz CT molecular complexity index is 725. The third kappa shape index (κ3) is 3.77. The fourth-order valence-electron chi connectivity index (χ4n) is 3.00. The summed E-state index contributed by atoms with van der Waals surface area (Å²) in [4.78, 5) is 25.9. The lowest BCUT2D eigenvalue weighted by molar-refractivity contribution is 0.0277. The molecule has 0 saturated carbocycles. The number of nitrogens with zero attached hydrogens (tertiary/aromatic N) is 4. The number of carbonyl (C=O) groups excluding carboxylic acids is 1. The zero-order valence-corrected chi connectivity index (χ0v) is 15.5. The molecule has 1 saturated heterocycles. The molecule has 2 aromatic heterocycles. The summed E-state index contributed by atoms with van der Waals surface area (Å²) in [5.74, 6) is 1.43. The van der Waals surface area contributed by atoms with Gasteiger partial charge in [0.25, 0.3) is 0 Å². The van der Waals surface area contributed by atoms with Gasteiger partial charge in [-0.2, -0.15) is 0 Å². The Morgan fingerprint density at radius 3 is 3.00 bits per heavy atom. The molecule has 0 spiro atoms. The number of aromatic nitrogens is 2. The summed E-state index contributed by atoms with van der Waals surface area (Å²) in [6, 6.07) is 2.08. The van der Waals surface area contributed by atoms with E-state index in [1.165, 1.54) is 0 Å². The Labute approximate surface area is 146 Å². The van der Waals surface area contributed by atoms with Crippen molar-refractivity contribution in [3.05, 3.63) is 17.8 Å². The highest BCUT2D eigenvalue weighted by molar-refractivity contribution is 7.16. The molecule has 0 aliphatic carbocycles. The molecule has 6 nitrogen and oxygen atoms in total. The maximum atomic E-state index is 12.1. The van der Waals surface area contributed by atoms with Crippen molar-refractivity contribution in [3.63, 3.8) is 0 Å². The number of hydrogen-bond donors (Lipinski definition) is 0. The van der Waals surface area contributed by atoms with Crippen LogP contribution in [0.1, 0.15) is 27.2 Å². The summed E-state index contributed by atoms with van der Waals surface area (Å²) in [7, 11) is 1.80. The SMILES string of the molecule is CN(CC1CCN(c2ncnc3sccc23)C1)C(=O)OC(C)(C)C. The molecule has 1 atom stereocenters. The molecule has 7 heteroatoms. The third-order valence-electron chi connectivity index (χ3n) is 4.06. The minimum atomic E-state index is -0.460. The molecule has 1 unspecified atom stereocenters. The van der Waals surface area contributed by atoms with E-state index in [4.69, 9.17) is 4.74 Å². The first-order valence-electron chi connectivity index (χ1n) is 8.21. The van der Waals surface area contributed by atoms with Crippen LogP contribution in [-0.2, 0) is 4.74 Å². The molecule has 0 radical (unpaired) electrons. The van der Waals surface area contributed by atoms with Gasteiger partial charge in [0.05, 0.1) is 5.39 Å². The van der Waals surface area contributed by atoms with E-state index in [1.807, 2.05) is 26.2 Å². The molecular weight excluding hydrogens is 324 g/mol. The van der Waals surface area contributed by atoms with Crippen molar-refractivity contribution in [2.45, 2.75) is 32.8 Å². The Hall–Kier alpha value is -1.89. The number of carbonyl (C=O) groups is 1. The summed E-state index contributed by atoms with van der Waals surface area (Å²) in [5, 5.41) is 3.16. The van der Waals surface area contributed by atoms with Gasteiger partial charge < -0.3 is 14.5 Å². The smallest absolute Gasteiger partial charge is 0.410 e. The van der Waals surface area contributed by atoms with E-state index in [1.54, 1.807) is 29.6 Å². The molecule has 3 rings (SSSR count). The predicted octanol–water partition coefficient (Wildman–Crippen LogP) is 3.38. The van der Waals surface area contributed by atoms with Crippen molar-refractivity contribution in [1.29, 1.82) is 0 Å². The first-order chi connectivity index (χ1) is 11.3. The number of rotatable bonds is 3. The molecule has 130 valence electrons. The van der Waals surface area contributed by atoms with Crippen molar-refractivity contribution in [2.75, 3.05) is 31.6 Å². The molecule has 1 aliphatic heterocycles. The first-order valence-corrected chi connectivity index (χ1v) is 9.09. The van der Waals surface area contributed by atoms with Gasteiger partial charge in [0.2, 0.25) is 0 Å². The van der Waals surface area contributed by atoms with E-state index in [9.17, 15) is 4.79 Å². The number of thiophene rings is 1. The normalized spacial score (nSPS) is 18.2. The number of anilines is 1. The second kappa shape index (κ2) is 6.55. The Morgan fingerprint density at radius 1 is 1.46 bits per heavy atom. The van der Waals surface area contributed by atoms with Crippen molar-refractivity contribution >= 4 is 33.5 Å². The summed E-state index contributed by atoms with van der Waals surface area (Å²) in [6.45, 7) is 8.21. The van der Waals surface area contributed by atoms with E-state index in [2.05, 4.69) is 20.9 Å². The third-order valence-corrected chi connectivity index (χ3v) is 4.88. The number of hydrogen-bond acceptors (Lipinski definition) is 6. The minimum absolute atomic E-state index is 0.261. The van der Waals surface area contributed by atoms with Crippen molar-refractivity contribution in [3.8, 4) is 0 Å². The molecule has 1 amide bonds. The predicted molar refractivity (Wildman–Crippen MR) is 96.6 cm³/mol. The average molecular weight is 348 g/mol. The molecule has 1 fully saturated rings. The van der Waals surface area contributed by atoms with Crippen LogP contribution < -0.4 is 4.90 Å². The molecule has 0 N–H and O–H groups in total. The van der Waals surface area contributed by atoms with Crippen LogP contribution in [0.5, 0.6) is 0 Å². The monoisotopic (exact) mass is 348 g/mol. The Morgan fingerprint density at radius 2 is 2.25 bits per heavy atom. The van der Waals surface area contributed by atoms with Crippen LogP contribution >= 0.6 is 11.3 Å². The molecule has 2 aromatic rings. The van der Waals surface area contributed by atoms with E-state index in [-0.39, 0.29) is 6.09 Å². The summed E-state index contributed by atoms with van der Waals surface area (Å²) < 4.78 is 5.42. The topological polar surface area (TPSA) is 58.6 Å². The molecule has 0 bridgehead atoms. The number of ether oxygens (including phenoxy) is 1. The average Bonchev–Trinajstić information content (AvgIpc) is 3.13. The van der Waals surface area contributed by atoms with Crippen LogP contribution in [0.25, 0.3) is 10.2 Å². The van der Waals surface area contributed by atoms with E-state index >= 15 is 0 Å². The molecule has 3 heterocycles. The minimum Gasteiger partial charge on any atom is -0.444 e. The summed E-state index contributed by atoms with van der Waals surface area (Å²) in [6.07, 6.45) is 2.42. The van der Waals surface area contributed by atoms with Gasteiger partial charge in [0, 0.05) is 26.7 Å². The van der Waals surface area contributed by atoms with Crippen LogP contribution in [0.2, 0.25) is 0 Å². The highest BCUT2D eigenvalue weighted by atomic mass is 32.1. The zero-order valence-electron chi connectivity index (χ0n) is 14.7. The largest absolute Gasteiger partial charge is 0.444 e. The lowest BCUT2D eigenvalue weighted by Gasteiger charge is -2.26. The van der Waals surface area contributed by atoms with Crippen LogP contribution in [-0.4, -0.2) is 53.2 Å². The van der Waals surface area contributed by atoms with Crippen molar-refractivity contribution in [1.82, 2.24) is 14.9 Å². The lowest BCUT2D eigenvalue weighted by Crippen LogP contribution is -2.37. The van der Waals surface area contributed by atoms with E-state index < -0.39 is 5.60 Å². The zero-order chi connectivity index (χ0) is 17.3. The van der Waals surface area contributed by atoms with Gasteiger partial charge in [0.15, 0.2) is 0 Å². The molecule has 0 aromatic carbocycles. The van der Waals surface area contributed by atoms with Crippen LogP contribution in [0.15, 0.2) is 17.8 Å². The van der Waals surface area contributed by atoms with Gasteiger partial charge in [-0.05, 0) is 44.6 Å². The molecule has 24 heavy (non-hydrogen) atoms.